The van der Waals surface area contributed by atoms with E-state index in [9.17, 15) is 4.79 Å². The molecule has 3 aromatic rings. The zero-order chi connectivity index (χ0) is 14.8. The molecule has 0 spiro atoms. The fourth-order valence-electron chi connectivity index (χ4n) is 2.59. The van der Waals surface area contributed by atoms with E-state index in [1.807, 2.05) is 31.2 Å². The maximum absolute atomic E-state index is 11.2. The van der Waals surface area contributed by atoms with Gasteiger partial charge in [-0.2, -0.15) is 0 Å². The van der Waals surface area contributed by atoms with Crippen LogP contribution < -0.4 is 9.30 Å². The number of ether oxygens (including phenoxy) is 1. The molecule has 0 radical (unpaired) electrons. The number of benzene rings is 2. The van der Waals surface area contributed by atoms with E-state index in [1.54, 1.807) is 19.2 Å². The largest absolute Gasteiger partial charge is 0.497 e. The standard InChI is InChI=1S/C17H16N2O2/c1-12-18-16-5-3-4-6-17(16)19(12)10-14-9-15(21-2)8-7-13(14)11-20/h3-9,11H,10H2,1-2H3/p+1. The van der Waals surface area contributed by atoms with Crippen LogP contribution in [0.5, 0.6) is 5.75 Å². The third kappa shape index (κ3) is 2.40. The molecule has 106 valence electrons. The van der Waals surface area contributed by atoms with Crippen molar-refractivity contribution in [2.45, 2.75) is 13.5 Å². The Labute approximate surface area is 123 Å². The highest BCUT2D eigenvalue weighted by molar-refractivity contribution is 5.77. The number of H-pyrrole nitrogens is 1. The maximum atomic E-state index is 11.2. The first-order valence-corrected chi connectivity index (χ1v) is 6.82. The van der Waals surface area contributed by atoms with Crippen LogP contribution in [0.2, 0.25) is 0 Å². The van der Waals surface area contributed by atoms with Crippen molar-refractivity contribution in [3.8, 4) is 5.75 Å². The number of carbonyl (C=O) groups excluding carboxylic acids is 1. The van der Waals surface area contributed by atoms with Gasteiger partial charge in [0.25, 0.3) is 5.82 Å². The summed E-state index contributed by atoms with van der Waals surface area (Å²) in [4.78, 5) is 14.6. The van der Waals surface area contributed by atoms with Gasteiger partial charge in [0.1, 0.15) is 18.6 Å². The monoisotopic (exact) mass is 281 g/mol. The zero-order valence-corrected chi connectivity index (χ0v) is 12.1. The molecule has 4 nitrogen and oxygen atoms in total. The maximum Gasteiger partial charge on any atom is 0.252 e. The molecule has 0 saturated heterocycles. The van der Waals surface area contributed by atoms with Crippen LogP contribution in [-0.2, 0) is 6.54 Å². The van der Waals surface area contributed by atoms with E-state index in [0.717, 1.165) is 34.5 Å². The van der Waals surface area contributed by atoms with Gasteiger partial charge in [0.15, 0.2) is 11.0 Å². The molecule has 1 heterocycles. The number of nitrogens with zero attached hydrogens (tertiary/aromatic N) is 1. The van der Waals surface area contributed by atoms with Crippen molar-refractivity contribution in [2.24, 2.45) is 0 Å². The average Bonchev–Trinajstić information content (AvgIpc) is 2.83. The number of imidazole rings is 1. The van der Waals surface area contributed by atoms with Crippen LogP contribution in [0.3, 0.4) is 0 Å². The van der Waals surface area contributed by atoms with Gasteiger partial charge < -0.3 is 4.74 Å². The summed E-state index contributed by atoms with van der Waals surface area (Å²) in [5.41, 5.74) is 3.84. The van der Waals surface area contributed by atoms with Crippen LogP contribution in [0.4, 0.5) is 0 Å². The molecule has 2 aromatic carbocycles. The molecule has 0 aliphatic heterocycles. The van der Waals surface area contributed by atoms with Gasteiger partial charge in [-0.25, -0.2) is 9.55 Å². The van der Waals surface area contributed by atoms with Crippen molar-refractivity contribution < 1.29 is 14.1 Å². The van der Waals surface area contributed by atoms with Crippen LogP contribution in [0.25, 0.3) is 11.0 Å². The Morgan fingerprint density at radius 3 is 2.81 bits per heavy atom. The number of aryl methyl sites for hydroxylation is 1. The zero-order valence-electron chi connectivity index (χ0n) is 12.1. The topological polar surface area (TPSA) is 46.0 Å². The molecule has 0 aliphatic carbocycles. The van der Waals surface area contributed by atoms with Crippen molar-refractivity contribution in [3.63, 3.8) is 0 Å². The summed E-state index contributed by atoms with van der Waals surface area (Å²) in [7, 11) is 1.63. The number of fused-ring (bicyclic) bond motifs is 1. The number of aromatic amines is 1. The minimum atomic E-state index is 0.626. The van der Waals surface area contributed by atoms with Gasteiger partial charge in [-0.3, -0.25) is 4.79 Å². The van der Waals surface area contributed by atoms with Crippen LogP contribution >= 0.6 is 0 Å². The van der Waals surface area contributed by atoms with Crippen molar-refractivity contribution in [1.82, 2.24) is 4.98 Å². The Hall–Kier alpha value is -2.62. The Kier molecular flexibility index (Phi) is 3.44. The number of aldehydes is 1. The second-order valence-electron chi connectivity index (χ2n) is 5.00. The highest BCUT2D eigenvalue weighted by atomic mass is 16.5. The Balaban J connectivity index is 2.10. The lowest BCUT2D eigenvalue weighted by Crippen LogP contribution is -2.36. The van der Waals surface area contributed by atoms with Gasteiger partial charge in [-0.1, -0.05) is 12.1 Å². The van der Waals surface area contributed by atoms with E-state index >= 15 is 0 Å². The molecule has 0 atom stereocenters. The molecule has 1 N–H and O–H groups in total. The number of carbonyl (C=O) groups is 1. The normalized spacial score (nSPS) is 10.8. The van der Waals surface area contributed by atoms with Gasteiger partial charge in [0.2, 0.25) is 0 Å². The molecule has 1 aromatic heterocycles. The Morgan fingerprint density at radius 2 is 2.05 bits per heavy atom. The molecule has 4 heteroatoms. The predicted molar refractivity (Wildman–Crippen MR) is 80.7 cm³/mol. The smallest absolute Gasteiger partial charge is 0.252 e. The number of nitrogens with one attached hydrogen (secondary N) is 1. The third-order valence-electron chi connectivity index (χ3n) is 3.72. The number of methoxy groups -OCH3 is 1. The van der Waals surface area contributed by atoms with Crippen molar-refractivity contribution in [1.29, 1.82) is 0 Å². The van der Waals surface area contributed by atoms with Gasteiger partial charge in [0.05, 0.1) is 7.11 Å². The highest BCUT2D eigenvalue weighted by Crippen LogP contribution is 2.17. The second-order valence-corrected chi connectivity index (χ2v) is 5.00. The van der Waals surface area contributed by atoms with E-state index in [-0.39, 0.29) is 0 Å². The summed E-state index contributed by atoms with van der Waals surface area (Å²) in [5.74, 6) is 1.81. The quantitative estimate of drug-likeness (QED) is 0.590. The van der Waals surface area contributed by atoms with E-state index in [4.69, 9.17) is 4.74 Å². The summed E-state index contributed by atoms with van der Waals surface area (Å²) >= 11 is 0. The van der Waals surface area contributed by atoms with E-state index in [1.165, 1.54) is 0 Å². The number of rotatable bonds is 4. The summed E-state index contributed by atoms with van der Waals surface area (Å²) in [6, 6.07) is 13.7. The average molecular weight is 281 g/mol. The lowest BCUT2D eigenvalue weighted by atomic mass is 10.1. The van der Waals surface area contributed by atoms with Gasteiger partial charge >= 0.3 is 0 Å². The van der Waals surface area contributed by atoms with Crippen LogP contribution in [-0.4, -0.2) is 18.4 Å². The van der Waals surface area contributed by atoms with Crippen molar-refractivity contribution >= 4 is 17.3 Å². The fraction of sp³-hybridized carbons (Fsp3) is 0.176. The first kappa shape index (κ1) is 13.4. The molecule has 21 heavy (non-hydrogen) atoms. The fourth-order valence-corrected chi connectivity index (χ4v) is 2.59. The molecule has 0 unspecified atom stereocenters. The third-order valence-corrected chi connectivity index (χ3v) is 3.72. The van der Waals surface area contributed by atoms with Crippen molar-refractivity contribution in [3.05, 3.63) is 59.4 Å². The highest BCUT2D eigenvalue weighted by Gasteiger charge is 2.16. The number of hydrogen-bond acceptors (Lipinski definition) is 2. The second kappa shape index (κ2) is 5.40. The number of hydrogen-bond donors (Lipinski definition) is 1. The molecule has 3 rings (SSSR count). The molecule has 0 bridgehead atoms. The first-order valence-electron chi connectivity index (χ1n) is 6.82. The van der Waals surface area contributed by atoms with Crippen LogP contribution in [0.1, 0.15) is 21.7 Å². The SMILES string of the molecule is COc1ccc(C=O)c(C[n+]2c(C)[nH]c3ccccc32)c1. The lowest BCUT2D eigenvalue weighted by Gasteiger charge is -2.07. The summed E-state index contributed by atoms with van der Waals surface area (Å²) in [6.07, 6.45) is 0.888. The van der Waals surface area contributed by atoms with Crippen molar-refractivity contribution in [2.75, 3.05) is 7.11 Å². The summed E-state index contributed by atoms with van der Waals surface area (Å²) < 4.78 is 7.42. The predicted octanol–water partition coefficient (Wildman–Crippen LogP) is 2.63. The van der Waals surface area contributed by atoms with Gasteiger partial charge in [0, 0.05) is 18.1 Å². The summed E-state index contributed by atoms with van der Waals surface area (Å²) in [6.45, 7) is 2.65. The number of aromatic nitrogens is 2. The Bertz CT molecular complexity index is 806. The molecule has 0 fully saturated rings. The van der Waals surface area contributed by atoms with Crippen LogP contribution in [0, 0.1) is 6.92 Å². The van der Waals surface area contributed by atoms with E-state index < -0.39 is 0 Å². The molecule has 0 saturated carbocycles. The molecular weight excluding hydrogens is 264 g/mol. The van der Waals surface area contributed by atoms with Gasteiger partial charge in [-0.15, -0.1) is 0 Å². The Morgan fingerprint density at radius 1 is 1.24 bits per heavy atom. The molecule has 0 amide bonds. The number of para-hydroxylation sites is 2. The lowest BCUT2D eigenvalue weighted by molar-refractivity contribution is -0.668. The van der Waals surface area contributed by atoms with Crippen LogP contribution in [0.15, 0.2) is 42.5 Å². The van der Waals surface area contributed by atoms with Gasteiger partial charge in [-0.05, 0) is 30.3 Å². The minimum Gasteiger partial charge on any atom is -0.497 e. The summed E-state index contributed by atoms with van der Waals surface area (Å²) in [5, 5.41) is 0. The van der Waals surface area contributed by atoms with E-state index in [0.29, 0.717) is 12.1 Å². The molecule has 0 aliphatic rings. The first-order chi connectivity index (χ1) is 10.2. The minimum absolute atomic E-state index is 0.626. The van der Waals surface area contributed by atoms with E-state index in [2.05, 4.69) is 15.6 Å². The molecular formula is C17H17N2O2+.